The normalized spacial score (nSPS) is 14.2. The smallest absolute Gasteiger partial charge is 0.0241 e. The second-order valence-corrected chi connectivity index (χ2v) is 4.89. The molecule has 3 nitrogen and oxygen atoms in total. The molecule has 0 saturated carbocycles. The van der Waals surface area contributed by atoms with Crippen LogP contribution in [0.1, 0.15) is 27.2 Å². The third-order valence-electron chi connectivity index (χ3n) is 2.83. The maximum atomic E-state index is 5.86. The molecular formula is C12H29N3. The highest BCUT2D eigenvalue weighted by atomic mass is 15.2. The first-order valence-corrected chi connectivity index (χ1v) is 6.11. The highest BCUT2D eigenvalue weighted by molar-refractivity contribution is 4.76. The van der Waals surface area contributed by atoms with Crippen molar-refractivity contribution in [3.63, 3.8) is 0 Å². The molecule has 0 aromatic heterocycles. The van der Waals surface area contributed by atoms with E-state index in [1.54, 1.807) is 0 Å². The molecule has 0 aliphatic carbocycles. The highest BCUT2D eigenvalue weighted by Crippen LogP contribution is 2.10. The first kappa shape index (κ1) is 14.9. The van der Waals surface area contributed by atoms with Crippen LogP contribution < -0.4 is 5.73 Å². The standard InChI is InChI=1S/C12H29N3/c1-6-7-15(9-8-14(4)5)12(10-13)11(2)3/h11-12H,6-10,13H2,1-5H3. The Labute approximate surface area is 95.6 Å². The van der Waals surface area contributed by atoms with E-state index >= 15 is 0 Å². The summed E-state index contributed by atoms with van der Waals surface area (Å²) in [7, 11) is 4.24. The molecular weight excluding hydrogens is 186 g/mol. The number of likely N-dealkylation sites (N-methyl/N-ethyl adjacent to an activating group) is 1. The Balaban J connectivity index is 4.20. The first-order chi connectivity index (χ1) is 7.02. The van der Waals surface area contributed by atoms with Gasteiger partial charge in [0.05, 0.1) is 0 Å². The Kier molecular flexibility index (Phi) is 8.02. The summed E-state index contributed by atoms with van der Waals surface area (Å²) >= 11 is 0. The maximum Gasteiger partial charge on any atom is 0.0241 e. The minimum absolute atomic E-state index is 0.532. The summed E-state index contributed by atoms with van der Waals surface area (Å²) in [5.41, 5.74) is 5.86. The summed E-state index contributed by atoms with van der Waals surface area (Å²) in [6, 6.07) is 0.532. The van der Waals surface area contributed by atoms with Crippen LogP contribution in [0, 0.1) is 5.92 Å². The van der Waals surface area contributed by atoms with Crippen molar-refractivity contribution in [1.29, 1.82) is 0 Å². The van der Waals surface area contributed by atoms with E-state index in [-0.39, 0.29) is 0 Å². The number of nitrogens with zero attached hydrogens (tertiary/aromatic N) is 2. The largest absolute Gasteiger partial charge is 0.329 e. The molecule has 0 saturated heterocycles. The van der Waals surface area contributed by atoms with Crippen LogP contribution in [0.4, 0.5) is 0 Å². The van der Waals surface area contributed by atoms with Gasteiger partial charge in [0.1, 0.15) is 0 Å². The zero-order valence-electron chi connectivity index (χ0n) is 11.2. The van der Waals surface area contributed by atoms with Crippen molar-refractivity contribution in [2.45, 2.75) is 33.2 Å². The van der Waals surface area contributed by atoms with Crippen molar-refractivity contribution in [3.05, 3.63) is 0 Å². The van der Waals surface area contributed by atoms with E-state index in [9.17, 15) is 0 Å². The molecule has 0 spiro atoms. The van der Waals surface area contributed by atoms with Gasteiger partial charge in [-0.2, -0.15) is 0 Å². The van der Waals surface area contributed by atoms with E-state index in [1.165, 1.54) is 6.42 Å². The molecule has 0 aliphatic heterocycles. The Morgan fingerprint density at radius 2 is 1.67 bits per heavy atom. The number of rotatable bonds is 8. The van der Waals surface area contributed by atoms with Crippen LogP contribution in [0.2, 0.25) is 0 Å². The Bertz CT molecular complexity index is 146. The second-order valence-electron chi connectivity index (χ2n) is 4.89. The number of hydrogen-bond acceptors (Lipinski definition) is 3. The van der Waals surface area contributed by atoms with Crippen molar-refractivity contribution in [2.24, 2.45) is 11.7 Å². The van der Waals surface area contributed by atoms with Crippen molar-refractivity contribution < 1.29 is 0 Å². The minimum Gasteiger partial charge on any atom is -0.329 e. The molecule has 92 valence electrons. The van der Waals surface area contributed by atoms with Gasteiger partial charge in [-0.25, -0.2) is 0 Å². The Morgan fingerprint density at radius 3 is 2.00 bits per heavy atom. The lowest BCUT2D eigenvalue weighted by Crippen LogP contribution is -2.47. The van der Waals surface area contributed by atoms with Gasteiger partial charge >= 0.3 is 0 Å². The summed E-state index contributed by atoms with van der Waals surface area (Å²) in [5.74, 6) is 0.642. The van der Waals surface area contributed by atoms with E-state index in [4.69, 9.17) is 5.73 Å². The molecule has 1 unspecified atom stereocenters. The quantitative estimate of drug-likeness (QED) is 0.661. The molecule has 0 aliphatic rings. The lowest BCUT2D eigenvalue weighted by atomic mass is 10.0. The van der Waals surface area contributed by atoms with Gasteiger partial charge in [-0.3, -0.25) is 4.90 Å². The fraction of sp³-hybridized carbons (Fsp3) is 1.00. The molecule has 0 rings (SSSR count). The molecule has 0 heterocycles. The van der Waals surface area contributed by atoms with E-state index in [1.807, 2.05) is 0 Å². The second kappa shape index (κ2) is 8.08. The molecule has 0 fully saturated rings. The zero-order valence-corrected chi connectivity index (χ0v) is 11.2. The van der Waals surface area contributed by atoms with Crippen molar-refractivity contribution in [1.82, 2.24) is 9.80 Å². The van der Waals surface area contributed by atoms with Crippen molar-refractivity contribution in [3.8, 4) is 0 Å². The van der Waals surface area contributed by atoms with Gasteiger partial charge in [-0.15, -0.1) is 0 Å². The van der Waals surface area contributed by atoms with Crippen LogP contribution in [0.15, 0.2) is 0 Å². The highest BCUT2D eigenvalue weighted by Gasteiger charge is 2.19. The average molecular weight is 215 g/mol. The molecule has 15 heavy (non-hydrogen) atoms. The third kappa shape index (κ3) is 6.13. The third-order valence-corrected chi connectivity index (χ3v) is 2.83. The van der Waals surface area contributed by atoms with Crippen LogP contribution in [0.5, 0.6) is 0 Å². The molecule has 0 bridgehead atoms. The fourth-order valence-electron chi connectivity index (χ4n) is 1.90. The van der Waals surface area contributed by atoms with Gasteiger partial charge in [-0.1, -0.05) is 20.8 Å². The average Bonchev–Trinajstić information content (AvgIpc) is 2.14. The molecule has 0 amide bonds. The SMILES string of the molecule is CCCN(CCN(C)C)C(CN)C(C)C. The zero-order chi connectivity index (χ0) is 11.8. The summed E-state index contributed by atoms with van der Waals surface area (Å²) in [6.45, 7) is 10.9. The van der Waals surface area contributed by atoms with Crippen LogP contribution in [-0.2, 0) is 0 Å². The fourth-order valence-corrected chi connectivity index (χ4v) is 1.90. The Morgan fingerprint density at radius 1 is 1.07 bits per heavy atom. The van der Waals surface area contributed by atoms with Crippen LogP contribution >= 0.6 is 0 Å². The van der Waals surface area contributed by atoms with E-state index < -0.39 is 0 Å². The lowest BCUT2D eigenvalue weighted by Gasteiger charge is -2.34. The van der Waals surface area contributed by atoms with E-state index in [0.717, 1.165) is 26.2 Å². The van der Waals surface area contributed by atoms with Crippen LogP contribution in [0.3, 0.4) is 0 Å². The summed E-state index contributed by atoms with van der Waals surface area (Å²) in [4.78, 5) is 4.77. The summed E-state index contributed by atoms with van der Waals surface area (Å²) in [5, 5.41) is 0. The molecule has 0 aromatic carbocycles. The maximum absolute atomic E-state index is 5.86. The van der Waals surface area contributed by atoms with Crippen molar-refractivity contribution >= 4 is 0 Å². The van der Waals surface area contributed by atoms with Gasteiger partial charge in [0.15, 0.2) is 0 Å². The van der Waals surface area contributed by atoms with E-state index in [2.05, 4.69) is 44.7 Å². The summed E-state index contributed by atoms with van der Waals surface area (Å²) in [6.07, 6.45) is 1.21. The predicted molar refractivity (Wildman–Crippen MR) is 68.1 cm³/mol. The summed E-state index contributed by atoms with van der Waals surface area (Å²) < 4.78 is 0. The molecule has 0 radical (unpaired) electrons. The van der Waals surface area contributed by atoms with Gasteiger partial charge in [0.2, 0.25) is 0 Å². The predicted octanol–water partition coefficient (Wildman–Crippen LogP) is 1.24. The van der Waals surface area contributed by atoms with Gasteiger partial charge in [-0.05, 0) is 33.0 Å². The Hall–Kier alpha value is -0.120. The number of hydrogen-bond donors (Lipinski definition) is 1. The minimum atomic E-state index is 0.532. The first-order valence-electron chi connectivity index (χ1n) is 6.11. The van der Waals surface area contributed by atoms with Crippen molar-refractivity contribution in [2.75, 3.05) is 40.3 Å². The molecule has 3 heteroatoms. The van der Waals surface area contributed by atoms with Crippen LogP contribution in [0.25, 0.3) is 0 Å². The molecule has 1 atom stereocenters. The van der Waals surface area contributed by atoms with E-state index in [0.29, 0.717) is 12.0 Å². The monoisotopic (exact) mass is 215 g/mol. The van der Waals surface area contributed by atoms with Gasteiger partial charge in [0, 0.05) is 25.7 Å². The topological polar surface area (TPSA) is 32.5 Å². The van der Waals surface area contributed by atoms with Gasteiger partial charge in [0.25, 0.3) is 0 Å². The lowest BCUT2D eigenvalue weighted by molar-refractivity contribution is 0.147. The van der Waals surface area contributed by atoms with Crippen LogP contribution in [-0.4, -0.2) is 56.1 Å². The number of nitrogens with two attached hydrogens (primary N) is 1. The molecule has 0 aromatic rings. The van der Waals surface area contributed by atoms with Gasteiger partial charge < -0.3 is 10.6 Å². The molecule has 2 N–H and O–H groups in total.